The Balaban J connectivity index is 0.00000261. The number of nitrogens with one attached hydrogen (secondary N) is 2. The van der Waals surface area contributed by atoms with Crippen molar-refractivity contribution in [3.63, 3.8) is 0 Å². The van der Waals surface area contributed by atoms with Crippen molar-refractivity contribution in [2.24, 2.45) is 4.99 Å². The average Bonchev–Trinajstić information content (AvgIpc) is 3.11. The van der Waals surface area contributed by atoms with Crippen molar-refractivity contribution in [2.45, 2.75) is 51.3 Å². The Labute approximate surface area is 186 Å². The van der Waals surface area contributed by atoms with Gasteiger partial charge in [0.1, 0.15) is 18.1 Å². The molecule has 0 amide bonds. The maximum atomic E-state index is 9.64. The van der Waals surface area contributed by atoms with Crippen molar-refractivity contribution in [2.75, 3.05) is 6.54 Å². The lowest BCUT2D eigenvalue weighted by atomic mass is 9.93. The highest BCUT2D eigenvalue weighted by molar-refractivity contribution is 14.0. The number of rotatable bonds is 5. The number of aliphatic hydroxyl groups excluding tert-OH is 1. The molecule has 1 aromatic heterocycles. The van der Waals surface area contributed by atoms with Crippen LogP contribution in [0.25, 0.3) is 11.3 Å². The molecule has 1 aromatic carbocycles. The van der Waals surface area contributed by atoms with E-state index in [1.165, 1.54) is 0 Å². The van der Waals surface area contributed by atoms with E-state index < -0.39 is 0 Å². The van der Waals surface area contributed by atoms with Crippen molar-refractivity contribution < 1.29 is 9.52 Å². The van der Waals surface area contributed by atoms with Crippen LogP contribution in [0.1, 0.15) is 38.4 Å². The zero-order valence-corrected chi connectivity index (χ0v) is 19.4. The maximum Gasteiger partial charge on any atom is 0.191 e. The summed E-state index contributed by atoms with van der Waals surface area (Å²) < 4.78 is 6.98. The predicted octanol–water partition coefficient (Wildman–Crippen LogP) is 4.69. The van der Waals surface area contributed by atoms with E-state index in [0.717, 1.165) is 59.7 Å². The summed E-state index contributed by atoms with van der Waals surface area (Å²) in [6.07, 6.45) is 3.50. The lowest BCUT2D eigenvalue weighted by Gasteiger charge is -2.27. The van der Waals surface area contributed by atoms with Gasteiger partial charge in [-0.05, 0) is 56.9 Å². The van der Waals surface area contributed by atoms with Crippen LogP contribution < -0.4 is 10.6 Å². The Hall–Kier alpha value is -1.06. The van der Waals surface area contributed by atoms with Gasteiger partial charge in [0, 0.05) is 22.6 Å². The molecule has 1 heterocycles. The summed E-state index contributed by atoms with van der Waals surface area (Å²) in [5, 5.41) is 16.4. The largest absolute Gasteiger partial charge is 0.459 e. The summed E-state index contributed by atoms with van der Waals surface area (Å²) in [5.41, 5.74) is 1.05. The lowest BCUT2D eigenvalue weighted by Crippen LogP contribution is -2.45. The van der Waals surface area contributed by atoms with E-state index in [4.69, 9.17) is 4.42 Å². The number of aliphatic imine (C=N–C) groups is 1. The molecule has 0 bridgehead atoms. The molecular weight excluding hydrogens is 521 g/mol. The highest BCUT2D eigenvalue weighted by Crippen LogP contribution is 2.24. The quantitative estimate of drug-likeness (QED) is 0.289. The highest BCUT2D eigenvalue weighted by Gasteiger charge is 2.20. The van der Waals surface area contributed by atoms with E-state index in [1.807, 2.05) is 36.4 Å². The molecule has 1 fully saturated rings. The first kappa shape index (κ1) is 22.2. The minimum Gasteiger partial charge on any atom is -0.459 e. The second-order valence-corrected chi connectivity index (χ2v) is 7.53. The van der Waals surface area contributed by atoms with Gasteiger partial charge in [0.25, 0.3) is 0 Å². The van der Waals surface area contributed by atoms with Gasteiger partial charge in [-0.2, -0.15) is 0 Å². The van der Waals surface area contributed by atoms with E-state index in [0.29, 0.717) is 12.6 Å². The molecular formula is C20H27BrIN3O2. The van der Waals surface area contributed by atoms with Crippen LogP contribution in [0.4, 0.5) is 0 Å². The Kier molecular flexibility index (Phi) is 9.11. The van der Waals surface area contributed by atoms with Crippen molar-refractivity contribution >= 4 is 45.9 Å². The molecule has 27 heavy (non-hydrogen) atoms. The van der Waals surface area contributed by atoms with Crippen molar-refractivity contribution in [1.29, 1.82) is 0 Å². The number of hydrogen-bond donors (Lipinski definition) is 3. The van der Waals surface area contributed by atoms with Gasteiger partial charge in [-0.1, -0.05) is 28.1 Å². The number of aliphatic hydroxyl groups is 1. The number of halogens is 2. The molecule has 7 heteroatoms. The normalized spacial score (nSPS) is 20.0. The van der Waals surface area contributed by atoms with E-state index in [9.17, 15) is 5.11 Å². The molecule has 0 unspecified atom stereocenters. The summed E-state index contributed by atoms with van der Waals surface area (Å²) in [4.78, 5) is 4.65. The fraction of sp³-hybridized carbons (Fsp3) is 0.450. The molecule has 0 radical (unpaired) electrons. The fourth-order valence-electron chi connectivity index (χ4n) is 3.12. The van der Waals surface area contributed by atoms with Crippen LogP contribution in [-0.2, 0) is 6.54 Å². The smallest absolute Gasteiger partial charge is 0.191 e. The third-order valence-electron chi connectivity index (χ3n) is 4.57. The van der Waals surface area contributed by atoms with Crippen LogP contribution in [0.3, 0.4) is 0 Å². The van der Waals surface area contributed by atoms with Gasteiger partial charge in [-0.3, -0.25) is 0 Å². The molecule has 0 atom stereocenters. The summed E-state index contributed by atoms with van der Waals surface area (Å²) in [7, 11) is 0. The van der Waals surface area contributed by atoms with Gasteiger partial charge < -0.3 is 20.2 Å². The maximum absolute atomic E-state index is 9.64. The lowest BCUT2D eigenvalue weighted by molar-refractivity contribution is 0.120. The molecule has 1 aliphatic carbocycles. The standard InChI is InChI=1S/C20H26BrN3O2.HI/c1-2-22-20(24-16-7-9-17(25)10-8-16)23-13-18-11-12-19(26-18)14-3-5-15(21)6-4-14;/h3-6,11-12,16-17,25H,2,7-10,13H2,1H3,(H2,22,23,24);1H. The number of furan rings is 1. The van der Waals surface area contributed by atoms with Crippen LogP contribution in [0.2, 0.25) is 0 Å². The van der Waals surface area contributed by atoms with Crippen LogP contribution in [0.5, 0.6) is 0 Å². The highest BCUT2D eigenvalue weighted by atomic mass is 127. The van der Waals surface area contributed by atoms with Crippen LogP contribution in [0.15, 0.2) is 50.3 Å². The second kappa shape index (κ2) is 11.1. The van der Waals surface area contributed by atoms with Gasteiger partial charge >= 0.3 is 0 Å². The monoisotopic (exact) mass is 547 g/mol. The zero-order valence-electron chi connectivity index (χ0n) is 15.5. The van der Waals surface area contributed by atoms with Crippen molar-refractivity contribution in [3.8, 4) is 11.3 Å². The van der Waals surface area contributed by atoms with Crippen LogP contribution in [0, 0.1) is 0 Å². The Bertz CT molecular complexity index is 725. The molecule has 3 N–H and O–H groups in total. The van der Waals surface area contributed by atoms with Crippen molar-refractivity contribution in [3.05, 3.63) is 46.6 Å². The van der Waals surface area contributed by atoms with Gasteiger partial charge in [-0.15, -0.1) is 24.0 Å². The summed E-state index contributed by atoms with van der Waals surface area (Å²) in [6.45, 7) is 3.35. The van der Waals surface area contributed by atoms with Crippen LogP contribution >= 0.6 is 39.9 Å². The third kappa shape index (κ3) is 6.80. The molecule has 3 rings (SSSR count). The molecule has 5 nitrogen and oxygen atoms in total. The van der Waals surface area contributed by atoms with Gasteiger partial charge in [0.15, 0.2) is 5.96 Å². The number of benzene rings is 1. The molecule has 0 aliphatic heterocycles. The zero-order chi connectivity index (χ0) is 18.4. The first-order valence-corrected chi connectivity index (χ1v) is 10.0. The molecule has 2 aromatic rings. The SMILES string of the molecule is CCNC(=NCc1ccc(-c2ccc(Br)cc2)o1)NC1CCC(O)CC1.I. The number of nitrogens with zero attached hydrogens (tertiary/aromatic N) is 1. The van der Waals surface area contributed by atoms with E-state index >= 15 is 0 Å². The Morgan fingerprint density at radius 3 is 2.52 bits per heavy atom. The predicted molar refractivity (Wildman–Crippen MR) is 123 cm³/mol. The Morgan fingerprint density at radius 2 is 1.85 bits per heavy atom. The van der Waals surface area contributed by atoms with E-state index in [-0.39, 0.29) is 30.1 Å². The van der Waals surface area contributed by atoms with Crippen LogP contribution in [-0.4, -0.2) is 29.8 Å². The molecule has 0 saturated heterocycles. The second-order valence-electron chi connectivity index (χ2n) is 6.62. The minimum atomic E-state index is -0.146. The molecule has 1 saturated carbocycles. The first-order valence-electron chi connectivity index (χ1n) is 9.21. The fourth-order valence-corrected chi connectivity index (χ4v) is 3.39. The summed E-state index contributed by atoms with van der Waals surface area (Å²) in [5.74, 6) is 2.48. The minimum absolute atomic E-state index is 0. The first-order chi connectivity index (χ1) is 12.6. The Morgan fingerprint density at radius 1 is 1.15 bits per heavy atom. The number of hydrogen-bond acceptors (Lipinski definition) is 3. The topological polar surface area (TPSA) is 69.8 Å². The molecule has 1 aliphatic rings. The van der Waals surface area contributed by atoms with Gasteiger partial charge in [-0.25, -0.2) is 4.99 Å². The molecule has 148 valence electrons. The van der Waals surface area contributed by atoms with E-state index in [1.54, 1.807) is 0 Å². The van der Waals surface area contributed by atoms with Gasteiger partial charge in [0.2, 0.25) is 0 Å². The van der Waals surface area contributed by atoms with Gasteiger partial charge in [0.05, 0.1) is 6.10 Å². The summed E-state index contributed by atoms with van der Waals surface area (Å²) in [6, 6.07) is 12.4. The van der Waals surface area contributed by atoms with E-state index in [2.05, 4.69) is 38.5 Å². The van der Waals surface area contributed by atoms with Crippen molar-refractivity contribution in [1.82, 2.24) is 10.6 Å². The summed E-state index contributed by atoms with van der Waals surface area (Å²) >= 11 is 3.45. The average molecular weight is 548 g/mol. The number of guanidine groups is 1. The third-order valence-corrected chi connectivity index (χ3v) is 5.09. The molecule has 0 spiro atoms.